The predicted octanol–water partition coefficient (Wildman–Crippen LogP) is -0.0460. The lowest BCUT2D eigenvalue weighted by Gasteiger charge is -2.34. The van der Waals surface area contributed by atoms with E-state index in [0.29, 0.717) is 44.8 Å². The molecule has 0 radical (unpaired) electrons. The molecule has 1 saturated heterocycles. The van der Waals surface area contributed by atoms with Crippen molar-refractivity contribution >= 4 is 17.6 Å². The molecule has 1 N–H and O–H groups in total. The Morgan fingerprint density at radius 3 is 2.63 bits per heavy atom. The largest absolute Gasteiger partial charge is 0.355 e. The second kappa shape index (κ2) is 8.43. The van der Waals surface area contributed by atoms with Crippen LogP contribution >= 0.6 is 0 Å². The number of aromatic nitrogens is 4. The highest BCUT2D eigenvalue weighted by atomic mass is 16.2. The van der Waals surface area contributed by atoms with Crippen LogP contribution in [0.1, 0.15) is 30.3 Å². The van der Waals surface area contributed by atoms with Crippen molar-refractivity contribution in [3.05, 3.63) is 23.3 Å². The lowest BCUT2D eigenvalue weighted by Crippen LogP contribution is -2.51. The second-order valence-corrected chi connectivity index (χ2v) is 6.84. The van der Waals surface area contributed by atoms with E-state index >= 15 is 0 Å². The fourth-order valence-electron chi connectivity index (χ4n) is 3.52. The molecule has 1 fully saturated rings. The predicted molar refractivity (Wildman–Crippen MR) is 100 cm³/mol. The lowest BCUT2D eigenvalue weighted by atomic mass is 10.1. The number of hydrogen-bond donors (Lipinski definition) is 1. The number of rotatable bonds is 6. The van der Waals surface area contributed by atoms with Gasteiger partial charge in [-0.2, -0.15) is 10.1 Å². The van der Waals surface area contributed by atoms with Crippen LogP contribution in [0.15, 0.2) is 6.33 Å². The van der Waals surface area contributed by atoms with Gasteiger partial charge in [0.05, 0.1) is 6.54 Å². The zero-order valence-electron chi connectivity index (χ0n) is 16.2. The van der Waals surface area contributed by atoms with Crippen molar-refractivity contribution in [2.75, 3.05) is 39.3 Å². The van der Waals surface area contributed by atoms with Crippen LogP contribution in [-0.4, -0.2) is 80.5 Å². The Hall–Kier alpha value is -2.55. The maximum atomic E-state index is 12.6. The van der Waals surface area contributed by atoms with Gasteiger partial charge in [-0.1, -0.05) is 0 Å². The number of piperazine rings is 1. The number of carbonyl (C=O) groups excluding carboxylic acids is 2. The molecule has 0 unspecified atom stereocenters. The van der Waals surface area contributed by atoms with Gasteiger partial charge in [-0.25, -0.2) is 9.50 Å². The summed E-state index contributed by atoms with van der Waals surface area (Å²) in [7, 11) is 0. The molecule has 0 atom stereocenters. The molecule has 0 bridgehead atoms. The summed E-state index contributed by atoms with van der Waals surface area (Å²) in [5, 5.41) is 7.00. The van der Waals surface area contributed by atoms with Crippen molar-refractivity contribution in [1.29, 1.82) is 0 Å². The van der Waals surface area contributed by atoms with Gasteiger partial charge in [-0.05, 0) is 32.8 Å². The van der Waals surface area contributed by atoms with Crippen LogP contribution in [0, 0.1) is 13.8 Å². The SMILES string of the molecule is CCNC(=O)CN1CCN(C(=O)CCc2c(C)nc3ncnn3c2C)CC1. The molecule has 3 heterocycles. The number of amides is 2. The maximum Gasteiger partial charge on any atom is 0.252 e. The summed E-state index contributed by atoms with van der Waals surface area (Å²) in [6, 6.07) is 0. The Labute approximate surface area is 158 Å². The van der Waals surface area contributed by atoms with E-state index in [1.54, 1.807) is 4.52 Å². The second-order valence-electron chi connectivity index (χ2n) is 6.84. The number of aryl methyl sites for hydroxylation is 2. The first-order chi connectivity index (χ1) is 13.0. The van der Waals surface area contributed by atoms with Crippen LogP contribution in [-0.2, 0) is 16.0 Å². The van der Waals surface area contributed by atoms with Crippen molar-refractivity contribution in [2.45, 2.75) is 33.6 Å². The van der Waals surface area contributed by atoms with Gasteiger partial charge in [0.15, 0.2) is 0 Å². The van der Waals surface area contributed by atoms with Crippen LogP contribution in [0.25, 0.3) is 5.78 Å². The average Bonchev–Trinajstić information content (AvgIpc) is 3.10. The highest BCUT2D eigenvalue weighted by Gasteiger charge is 2.22. The van der Waals surface area contributed by atoms with E-state index in [9.17, 15) is 9.59 Å². The Balaban J connectivity index is 1.53. The first-order valence-electron chi connectivity index (χ1n) is 9.42. The molecule has 9 nitrogen and oxygen atoms in total. The molecular weight excluding hydrogens is 346 g/mol. The molecule has 0 spiro atoms. The highest BCUT2D eigenvalue weighted by Crippen LogP contribution is 2.16. The Morgan fingerprint density at radius 1 is 1.19 bits per heavy atom. The first kappa shape index (κ1) is 19.2. The zero-order chi connectivity index (χ0) is 19.4. The summed E-state index contributed by atoms with van der Waals surface area (Å²) in [6.45, 7) is 9.67. The van der Waals surface area contributed by atoms with Crippen LogP contribution in [0.3, 0.4) is 0 Å². The van der Waals surface area contributed by atoms with E-state index in [1.807, 2.05) is 25.7 Å². The molecule has 0 saturated carbocycles. The Bertz CT molecular complexity index is 824. The van der Waals surface area contributed by atoms with Gasteiger partial charge in [-0.15, -0.1) is 0 Å². The number of hydrogen-bond acceptors (Lipinski definition) is 6. The third-order valence-electron chi connectivity index (χ3n) is 5.04. The smallest absolute Gasteiger partial charge is 0.252 e. The third-order valence-corrected chi connectivity index (χ3v) is 5.04. The molecule has 9 heteroatoms. The summed E-state index contributed by atoms with van der Waals surface area (Å²) >= 11 is 0. The zero-order valence-corrected chi connectivity index (χ0v) is 16.2. The van der Waals surface area contributed by atoms with E-state index in [0.717, 1.165) is 30.0 Å². The third kappa shape index (κ3) is 4.41. The summed E-state index contributed by atoms with van der Waals surface area (Å²) in [5.41, 5.74) is 2.93. The van der Waals surface area contributed by atoms with Crippen molar-refractivity contribution in [3.8, 4) is 0 Å². The first-order valence-corrected chi connectivity index (χ1v) is 9.42. The summed E-state index contributed by atoms with van der Waals surface area (Å²) in [6.07, 6.45) is 2.57. The lowest BCUT2D eigenvalue weighted by molar-refractivity contribution is -0.133. The van der Waals surface area contributed by atoms with Gasteiger partial charge in [0.2, 0.25) is 11.8 Å². The van der Waals surface area contributed by atoms with Crippen molar-refractivity contribution in [2.24, 2.45) is 0 Å². The van der Waals surface area contributed by atoms with Gasteiger partial charge in [0.25, 0.3) is 5.78 Å². The molecule has 0 aromatic carbocycles. The molecule has 2 amide bonds. The van der Waals surface area contributed by atoms with Crippen molar-refractivity contribution in [1.82, 2.24) is 34.7 Å². The fraction of sp³-hybridized carbons (Fsp3) is 0.611. The van der Waals surface area contributed by atoms with Crippen LogP contribution in [0.5, 0.6) is 0 Å². The molecular formula is C18H27N7O2. The molecule has 3 rings (SSSR count). The fourth-order valence-corrected chi connectivity index (χ4v) is 3.52. The monoisotopic (exact) mass is 373 g/mol. The van der Waals surface area contributed by atoms with Crippen molar-refractivity contribution < 1.29 is 9.59 Å². The van der Waals surface area contributed by atoms with Gasteiger partial charge in [0, 0.05) is 50.5 Å². The van der Waals surface area contributed by atoms with E-state index in [1.165, 1.54) is 6.33 Å². The Morgan fingerprint density at radius 2 is 1.93 bits per heavy atom. The van der Waals surface area contributed by atoms with Crippen LogP contribution < -0.4 is 5.32 Å². The molecule has 27 heavy (non-hydrogen) atoms. The van der Waals surface area contributed by atoms with Gasteiger partial charge < -0.3 is 10.2 Å². The normalized spacial score (nSPS) is 15.3. The summed E-state index contributed by atoms with van der Waals surface area (Å²) < 4.78 is 1.72. The van der Waals surface area contributed by atoms with Gasteiger partial charge in [-0.3, -0.25) is 14.5 Å². The van der Waals surface area contributed by atoms with E-state index in [-0.39, 0.29) is 11.8 Å². The van der Waals surface area contributed by atoms with Crippen LogP contribution in [0.2, 0.25) is 0 Å². The maximum absolute atomic E-state index is 12.6. The Kier molecular flexibility index (Phi) is 6.00. The number of nitrogens with one attached hydrogen (secondary N) is 1. The molecule has 2 aromatic heterocycles. The molecule has 146 valence electrons. The number of nitrogens with zero attached hydrogens (tertiary/aromatic N) is 6. The number of likely N-dealkylation sites (N-methyl/N-ethyl adjacent to an activating group) is 1. The number of carbonyl (C=O) groups is 2. The minimum atomic E-state index is 0.0410. The van der Waals surface area contributed by atoms with Gasteiger partial charge >= 0.3 is 0 Å². The summed E-state index contributed by atoms with van der Waals surface area (Å²) in [4.78, 5) is 36.8. The molecule has 0 aliphatic carbocycles. The summed E-state index contributed by atoms with van der Waals surface area (Å²) in [5.74, 6) is 0.771. The highest BCUT2D eigenvalue weighted by molar-refractivity contribution is 5.78. The molecule has 2 aromatic rings. The van der Waals surface area contributed by atoms with E-state index in [4.69, 9.17) is 0 Å². The van der Waals surface area contributed by atoms with Crippen molar-refractivity contribution in [3.63, 3.8) is 0 Å². The minimum Gasteiger partial charge on any atom is -0.355 e. The minimum absolute atomic E-state index is 0.0410. The van der Waals surface area contributed by atoms with E-state index in [2.05, 4.69) is 25.3 Å². The van der Waals surface area contributed by atoms with E-state index < -0.39 is 0 Å². The molecule has 1 aliphatic heterocycles. The molecule has 1 aliphatic rings. The topological polar surface area (TPSA) is 95.7 Å². The number of fused-ring (bicyclic) bond motifs is 1. The van der Waals surface area contributed by atoms with Gasteiger partial charge in [0.1, 0.15) is 6.33 Å². The average molecular weight is 373 g/mol. The standard InChI is InChI=1S/C18H27N7O2/c1-4-19-16(26)11-23-7-9-24(10-8-23)17(27)6-5-15-13(2)22-18-20-12-21-25(18)14(15)3/h12H,4-11H2,1-3H3,(H,19,26). The quantitative estimate of drug-likeness (QED) is 0.763. The van der Waals surface area contributed by atoms with Crippen LogP contribution in [0.4, 0.5) is 0 Å².